The molecule has 3 nitrogen and oxygen atoms in total. The van der Waals surface area contributed by atoms with E-state index in [9.17, 15) is 9.90 Å². The molecule has 0 bridgehead atoms. The predicted octanol–water partition coefficient (Wildman–Crippen LogP) is 2.58. The largest absolute Gasteiger partial charge is 0.452 e. The van der Waals surface area contributed by atoms with Gasteiger partial charge in [0.15, 0.2) is 0 Å². The molecule has 1 N–H and O–H groups in total. The maximum absolute atomic E-state index is 11.0. The molecule has 1 rings (SSSR count). The molecule has 1 aliphatic rings. The van der Waals surface area contributed by atoms with Crippen molar-refractivity contribution < 1.29 is 14.6 Å². The van der Waals surface area contributed by atoms with E-state index in [1.807, 2.05) is 6.92 Å². The Balaban J connectivity index is 2.18. The van der Waals surface area contributed by atoms with Crippen LogP contribution in [0, 0.1) is 0 Å². The predicted molar refractivity (Wildman–Crippen MR) is 63.0 cm³/mol. The van der Waals surface area contributed by atoms with Crippen LogP contribution in [0.2, 0.25) is 0 Å². The number of cyclic esters (lactones) is 1. The fourth-order valence-electron chi connectivity index (χ4n) is 2.01. The third-order valence-corrected chi connectivity index (χ3v) is 2.99. The van der Waals surface area contributed by atoms with Crippen molar-refractivity contribution in [2.45, 2.75) is 64.6 Å². The minimum absolute atomic E-state index is 0.326. The summed E-state index contributed by atoms with van der Waals surface area (Å²) in [6.45, 7) is 4.01. The molecule has 0 unspecified atom stereocenters. The lowest BCUT2D eigenvalue weighted by Gasteiger charge is -2.18. The van der Waals surface area contributed by atoms with Gasteiger partial charge in [-0.15, -0.1) is 0 Å². The topological polar surface area (TPSA) is 46.5 Å². The maximum Gasteiger partial charge on any atom is 0.331 e. The van der Waals surface area contributed by atoms with Crippen molar-refractivity contribution >= 4 is 5.97 Å². The van der Waals surface area contributed by atoms with Gasteiger partial charge in [-0.2, -0.15) is 0 Å². The highest BCUT2D eigenvalue weighted by molar-refractivity contribution is 5.85. The molecule has 0 radical (unpaired) electrons. The summed E-state index contributed by atoms with van der Waals surface area (Å²) < 4.78 is 5.03. The van der Waals surface area contributed by atoms with Gasteiger partial charge < -0.3 is 9.84 Å². The fourth-order valence-corrected chi connectivity index (χ4v) is 2.01. The summed E-state index contributed by atoms with van der Waals surface area (Å²) in [6, 6.07) is 0. The number of rotatable bonds is 7. The normalized spacial score (nSPS) is 21.8. The molecule has 2 atom stereocenters. The molecule has 0 saturated heterocycles. The first-order chi connectivity index (χ1) is 7.65. The molecule has 0 saturated carbocycles. The van der Waals surface area contributed by atoms with Gasteiger partial charge in [-0.05, 0) is 18.9 Å². The average molecular weight is 226 g/mol. The molecule has 3 heteroatoms. The molecule has 0 aliphatic carbocycles. The molecule has 0 spiro atoms. The van der Waals surface area contributed by atoms with Gasteiger partial charge >= 0.3 is 5.97 Å². The van der Waals surface area contributed by atoms with Crippen molar-refractivity contribution in [2.75, 3.05) is 0 Å². The Morgan fingerprint density at radius 3 is 2.62 bits per heavy atom. The zero-order chi connectivity index (χ0) is 12.0. The zero-order valence-corrected chi connectivity index (χ0v) is 10.2. The Morgan fingerprint density at radius 1 is 1.38 bits per heavy atom. The monoisotopic (exact) mass is 226 g/mol. The molecule has 0 aromatic carbocycles. The van der Waals surface area contributed by atoms with E-state index in [-0.39, 0.29) is 5.97 Å². The first kappa shape index (κ1) is 13.2. The zero-order valence-electron chi connectivity index (χ0n) is 10.2. The van der Waals surface area contributed by atoms with Gasteiger partial charge in [0.05, 0.1) is 6.10 Å². The van der Waals surface area contributed by atoms with E-state index in [1.54, 1.807) is 0 Å². The molecule has 0 aromatic heterocycles. The van der Waals surface area contributed by atoms with E-state index in [0.29, 0.717) is 6.42 Å². The van der Waals surface area contributed by atoms with Crippen molar-refractivity contribution in [3.63, 3.8) is 0 Å². The number of esters is 1. The van der Waals surface area contributed by atoms with Gasteiger partial charge in [0.1, 0.15) is 6.10 Å². The van der Waals surface area contributed by atoms with Gasteiger partial charge in [0, 0.05) is 6.08 Å². The van der Waals surface area contributed by atoms with Crippen molar-refractivity contribution in [1.29, 1.82) is 0 Å². The SMILES string of the molecule is CCCCCCC[C@@H](O)[C@@H]1OC(=O)C=C1C. The van der Waals surface area contributed by atoms with Gasteiger partial charge in [0.25, 0.3) is 0 Å². The third-order valence-electron chi connectivity index (χ3n) is 2.99. The van der Waals surface area contributed by atoms with Crippen LogP contribution < -0.4 is 0 Å². The number of unbranched alkanes of at least 4 members (excludes halogenated alkanes) is 4. The van der Waals surface area contributed by atoms with Crippen molar-refractivity contribution in [3.8, 4) is 0 Å². The van der Waals surface area contributed by atoms with Crippen LogP contribution in [0.3, 0.4) is 0 Å². The highest BCUT2D eigenvalue weighted by Gasteiger charge is 2.29. The maximum atomic E-state index is 11.0. The van der Waals surface area contributed by atoms with E-state index in [2.05, 4.69) is 6.92 Å². The van der Waals surface area contributed by atoms with Crippen LogP contribution in [0.15, 0.2) is 11.6 Å². The molecular formula is C13H22O3. The van der Waals surface area contributed by atoms with Crippen LogP contribution in [0.25, 0.3) is 0 Å². The second kappa shape index (κ2) is 6.69. The van der Waals surface area contributed by atoms with E-state index in [4.69, 9.17) is 4.74 Å². The minimum Gasteiger partial charge on any atom is -0.452 e. The van der Waals surface area contributed by atoms with Gasteiger partial charge in [-0.3, -0.25) is 0 Å². The van der Waals surface area contributed by atoms with Crippen LogP contribution in [-0.2, 0) is 9.53 Å². The molecule has 0 fully saturated rings. The highest BCUT2D eigenvalue weighted by Crippen LogP contribution is 2.21. The second-order valence-corrected chi connectivity index (χ2v) is 4.52. The molecule has 1 heterocycles. The number of carbonyl (C=O) groups is 1. The standard InChI is InChI=1S/C13H22O3/c1-3-4-5-6-7-8-11(14)13-10(2)9-12(15)16-13/h9,11,13-14H,3-8H2,1-2H3/t11-,13-/m1/s1. The van der Waals surface area contributed by atoms with Gasteiger partial charge in [-0.1, -0.05) is 39.0 Å². The van der Waals surface area contributed by atoms with Crippen molar-refractivity contribution in [3.05, 3.63) is 11.6 Å². The Hall–Kier alpha value is -0.830. The summed E-state index contributed by atoms with van der Waals surface area (Å²) in [7, 11) is 0. The Labute approximate surface area is 97.5 Å². The fraction of sp³-hybridized carbons (Fsp3) is 0.769. The minimum atomic E-state index is -0.538. The van der Waals surface area contributed by atoms with Crippen LogP contribution in [0.4, 0.5) is 0 Å². The van der Waals surface area contributed by atoms with Gasteiger partial charge in [0.2, 0.25) is 0 Å². The Bertz CT molecular complexity index is 258. The van der Waals surface area contributed by atoms with Crippen LogP contribution in [-0.4, -0.2) is 23.3 Å². The average Bonchev–Trinajstić information content (AvgIpc) is 2.57. The van der Waals surface area contributed by atoms with E-state index in [0.717, 1.165) is 18.4 Å². The van der Waals surface area contributed by atoms with Crippen LogP contribution in [0.1, 0.15) is 52.4 Å². The summed E-state index contributed by atoms with van der Waals surface area (Å²) >= 11 is 0. The lowest BCUT2D eigenvalue weighted by molar-refractivity contribution is -0.143. The van der Waals surface area contributed by atoms with Crippen LogP contribution in [0.5, 0.6) is 0 Å². The number of carbonyl (C=O) groups excluding carboxylic acids is 1. The lowest BCUT2D eigenvalue weighted by Crippen LogP contribution is -2.27. The first-order valence-electron chi connectivity index (χ1n) is 6.22. The summed E-state index contributed by atoms with van der Waals surface area (Å²) in [5.74, 6) is -0.326. The second-order valence-electron chi connectivity index (χ2n) is 4.52. The number of hydrogen-bond acceptors (Lipinski definition) is 3. The Kier molecular flexibility index (Phi) is 5.53. The summed E-state index contributed by atoms with van der Waals surface area (Å²) in [5.41, 5.74) is 0.839. The van der Waals surface area contributed by atoms with Gasteiger partial charge in [-0.25, -0.2) is 4.79 Å². The number of aliphatic hydroxyl groups is 1. The molecule has 1 aliphatic heterocycles. The summed E-state index contributed by atoms with van der Waals surface area (Å²) in [6.07, 6.45) is 7.10. The summed E-state index contributed by atoms with van der Waals surface area (Å²) in [5, 5.41) is 9.88. The Morgan fingerprint density at radius 2 is 2.06 bits per heavy atom. The molecule has 0 amide bonds. The number of ether oxygens (including phenoxy) is 1. The molecular weight excluding hydrogens is 204 g/mol. The molecule has 0 aromatic rings. The molecule has 16 heavy (non-hydrogen) atoms. The van der Waals surface area contributed by atoms with E-state index >= 15 is 0 Å². The molecule has 92 valence electrons. The number of hydrogen-bond donors (Lipinski definition) is 1. The van der Waals surface area contributed by atoms with Crippen LogP contribution >= 0.6 is 0 Å². The third kappa shape index (κ3) is 3.97. The first-order valence-corrected chi connectivity index (χ1v) is 6.22. The smallest absolute Gasteiger partial charge is 0.331 e. The highest BCUT2D eigenvalue weighted by atomic mass is 16.6. The lowest BCUT2D eigenvalue weighted by atomic mass is 10.0. The van der Waals surface area contributed by atoms with Crippen molar-refractivity contribution in [2.24, 2.45) is 0 Å². The number of aliphatic hydroxyl groups excluding tert-OH is 1. The van der Waals surface area contributed by atoms with E-state index < -0.39 is 12.2 Å². The quantitative estimate of drug-likeness (QED) is 0.536. The van der Waals surface area contributed by atoms with E-state index in [1.165, 1.54) is 25.3 Å². The summed E-state index contributed by atoms with van der Waals surface area (Å²) in [4.78, 5) is 11.0. The van der Waals surface area contributed by atoms with Crippen molar-refractivity contribution in [1.82, 2.24) is 0 Å².